The number of nitrogens with one attached hydrogen (secondary N) is 4. The summed E-state index contributed by atoms with van der Waals surface area (Å²) in [4.78, 5) is 37.7. The Morgan fingerprint density at radius 3 is 1.37 bits per heavy atom. The number of pyridine rings is 2. The maximum absolute atomic E-state index is 14.1. The summed E-state index contributed by atoms with van der Waals surface area (Å²) < 4.78 is 0. The number of unbranched alkanes of at least 4 members (excludes halogenated alkanes) is 4. The largest absolute Gasteiger partial charge is 0.384 e. The van der Waals surface area contributed by atoms with Gasteiger partial charge in [-0.25, -0.2) is 0 Å². The summed E-state index contributed by atoms with van der Waals surface area (Å²) in [6.45, 7) is 12.0. The monoisotopic (exact) mass is 622 g/mol. The lowest BCUT2D eigenvalue weighted by Gasteiger charge is -2.33. The maximum atomic E-state index is 14.1. The molecule has 4 N–H and O–H groups in total. The SMILES string of the molecule is CCCCCNc1cccc2c(C3C(=O)C(c4ncc(NCCC)c5c(NCCC)cccc45)C3=O)ncc(NCCCCC)c12. The van der Waals surface area contributed by atoms with Gasteiger partial charge >= 0.3 is 0 Å². The van der Waals surface area contributed by atoms with E-state index in [0.29, 0.717) is 11.4 Å². The third kappa shape index (κ3) is 6.81. The Morgan fingerprint density at radius 1 is 0.522 bits per heavy atom. The third-order valence-corrected chi connectivity index (χ3v) is 8.89. The quantitative estimate of drug-likeness (QED) is 0.0645. The molecule has 0 atom stereocenters. The number of hydrogen-bond donors (Lipinski definition) is 4. The van der Waals surface area contributed by atoms with E-state index in [0.717, 1.165) is 122 Å². The molecule has 1 saturated carbocycles. The number of carbonyl (C=O) groups is 2. The van der Waals surface area contributed by atoms with Gasteiger partial charge in [-0.05, 0) is 37.8 Å². The first-order valence-electron chi connectivity index (χ1n) is 17.4. The standard InChI is InChI=1S/C38H50N6O2/c1-5-9-11-21-41-28-18-14-16-26-32(28)30(42-22-12-10-6-2)24-44-36(26)34-37(45)33(38(34)46)35-25-15-13-17-27(39-19-7-3)31(25)29(23-43-35)40-20-8-4/h13-18,23-24,33-34,39-42H,5-12,19-22H2,1-4H3. The fourth-order valence-electron chi connectivity index (χ4n) is 6.44. The minimum absolute atomic E-state index is 0.140. The van der Waals surface area contributed by atoms with Crippen LogP contribution < -0.4 is 21.3 Å². The van der Waals surface area contributed by atoms with Crippen molar-refractivity contribution in [2.75, 3.05) is 47.4 Å². The van der Waals surface area contributed by atoms with Crippen LogP contribution in [0.3, 0.4) is 0 Å². The molecule has 8 heteroatoms. The normalized spacial score (nSPS) is 16.1. The number of Topliss-reactive ketones (excluding diaryl/α,β-unsaturated/α-hetero) is 2. The molecule has 0 amide bonds. The summed E-state index contributed by atoms with van der Waals surface area (Å²) in [5.41, 5.74) is 4.88. The maximum Gasteiger partial charge on any atom is 0.165 e. The van der Waals surface area contributed by atoms with E-state index in [4.69, 9.17) is 9.97 Å². The molecule has 1 aliphatic rings. The van der Waals surface area contributed by atoms with Crippen LogP contribution in [0.15, 0.2) is 48.8 Å². The number of nitrogens with zero attached hydrogens (tertiary/aromatic N) is 2. The van der Waals surface area contributed by atoms with Crippen molar-refractivity contribution in [1.29, 1.82) is 0 Å². The Balaban J connectivity index is 1.52. The van der Waals surface area contributed by atoms with E-state index < -0.39 is 11.8 Å². The molecule has 2 aromatic heterocycles. The first kappa shape index (κ1) is 33.2. The Labute approximate surface area is 273 Å². The third-order valence-electron chi connectivity index (χ3n) is 8.89. The molecular weight excluding hydrogens is 572 g/mol. The van der Waals surface area contributed by atoms with Crippen molar-refractivity contribution < 1.29 is 9.59 Å². The molecule has 0 spiro atoms. The van der Waals surface area contributed by atoms with Crippen molar-refractivity contribution >= 4 is 55.9 Å². The van der Waals surface area contributed by atoms with Gasteiger partial charge in [-0.3, -0.25) is 19.6 Å². The molecule has 2 heterocycles. The first-order chi connectivity index (χ1) is 22.5. The van der Waals surface area contributed by atoms with E-state index >= 15 is 0 Å². The van der Waals surface area contributed by atoms with Crippen LogP contribution in [0.1, 0.15) is 102 Å². The summed E-state index contributed by atoms with van der Waals surface area (Å²) >= 11 is 0. The Kier molecular flexibility index (Phi) is 11.4. The van der Waals surface area contributed by atoms with Gasteiger partial charge in [0.1, 0.15) is 11.8 Å². The second-order valence-electron chi connectivity index (χ2n) is 12.4. The zero-order valence-electron chi connectivity index (χ0n) is 28.0. The number of rotatable bonds is 18. The molecule has 0 aliphatic heterocycles. The first-order valence-corrected chi connectivity index (χ1v) is 17.4. The van der Waals surface area contributed by atoms with Crippen LogP contribution in [-0.2, 0) is 9.59 Å². The van der Waals surface area contributed by atoms with Gasteiger partial charge in [0.25, 0.3) is 0 Å². The Morgan fingerprint density at radius 2 is 0.935 bits per heavy atom. The van der Waals surface area contributed by atoms with E-state index in [-0.39, 0.29) is 11.6 Å². The Bertz CT molecular complexity index is 1620. The fourth-order valence-corrected chi connectivity index (χ4v) is 6.44. The fraction of sp³-hybridized carbons (Fsp3) is 0.474. The van der Waals surface area contributed by atoms with Gasteiger partial charge in [0.2, 0.25) is 0 Å². The molecule has 4 aromatic rings. The Hall–Kier alpha value is -4.20. The number of ketones is 2. The topological polar surface area (TPSA) is 108 Å². The molecule has 244 valence electrons. The minimum atomic E-state index is -0.909. The van der Waals surface area contributed by atoms with Crippen molar-refractivity contribution in [1.82, 2.24) is 9.97 Å². The second-order valence-corrected chi connectivity index (χ2v) is 12.4. The van der Waals surface area contributed by atoms with Crippen molar-refractivity contribution in [3.05, 3.63) is 60.2 Å². The van der Waals surface area contributed by atoms with Crippen molar-refractivity contribution in [2.45, 2.75) is 90.9 Å². The van der Waals surface area contributed by atoms with E-state index in [1.807, 2.05) is 36.5 Å². The van der Waals surface area contributed by atoms with Gasteiger partial charge in [0, 0.05) is 59.1 Å². The number of carbonyl (C=O) groups excluding carboxylic acids is 2. The number of anilines is 4. The molecule has 0 unspecified atom stereocenters. The van der Waals surface area contributed by atoms with Crippen LogP contribution in [0.25, 0.3) is 21.5 Å². The number of fused-ring (bicyclic) bond motifs is 2. The van der Waals surface area contributed by atoms with Gasteiger partial charge in [0.15, 0.2) is 11.6 Å². The predicted octanol–water partition coefficient (Wildman–Crippen LogP) is 8.65. The summed E-state index contributed by atoms with van der Waals surface area (Å²) in [6.07, 6.45) is 12.3. The van der Waals surface area contributed by atoms with Crippen molar-refractivity contribution in [2.24, 2.45) is 0 Å². The smallest absolute Gasteiger partial charge is 0.165 e. The van der Waals surface area contributed by atoms with Crippen LogP contribution in [0, 0.1) is 0 Å². The zero-order valence-corrected chi connectivity index (χ0v) is 28.0. The molecule has 2 aromatic carbocycles. The predicted molar refractivity (Wildman–Crippen MR) is 193 cm³/mol. The lowest BCUT2D eigenvalue weighted by atomic mass is 9.67. The van der Waals surface area contributed by atoms with Crippen LogP contribution in [0.4, 0.5) is 22.7 Å². The molecule has 0 saturated heterocycles. The number of hydrogen-bond acceptors (Lipinski definition) is 8. The average molecular weight is 623 g/mol. The van der Waals surface area contributed by atoms with E-state index in [9.17, 15) is 9.59 Å². The van der Waals surface area contributed by atoms with E-state index in [1.54, 1.807) is 6.20 Å². The molecular formula is C38H50N6O2. The highest BCUT2D eigenvalue weighted by molar-refractivity contribution is 6.33. The van der Waals surface area contributed by atoms with Crippen molar-refractivity contribution in [3.8, 4) is 0 Å². The lowest BCUT2D eigenvalue weighted by molar-refractivity contribution is -0.142. The molecule has 5 rings (SSSR count). The van der Waals surface area contributed by atoms with Gasteiger partial charge in [-0.2, -0.15) is 0 Å². The van der Waals surface area contributed by atoms with Gasteiger partial charge in [0.05, 0.1) is 35.2 Å². The van der Waals surface area contributed by atoms with Crippen LogP contribution in [0.5, 0.6) is 0 Å². The lowest BCUT2D eigenvalue weighted by Crippen LogP contribution is -2.45. The number of aromatic nitrogens is 2. The van der Waals surface area contributed by atoms with Crippen LogP contribution in [0.2, 0.25) is 0 Å². The minimum Gasteiger partial charge on any atom is -0.384 e. The van der Waals surface area contributed by atoms with Crippen LogP contribution in [-0.4, -0.2) is 47.7 Å². The second kappa shape index (κ2) is 15.9. The highest BCUT2D eigenvalue weighted by atomic mass is 16.2. The molecule has 1 fully saturated rings. The summed E-state index contributed by atoms with van der Waals surface area (Å²) in [6, 6.07) is 12.1. The summed E-state index contributed by atoms with van der Waals surface area (Å²) in [7, 11) is 0. The molecule has 0 radical (unpaired) electrons. The molecule has 46 heavy (non-hydrogen) atoms. The van der Waals surface area contributed by atoms with Gasteiger partial charge < -0.3 is 21.3 Å². The van der Waals surface area contributed by atoms with Gasteiger partial charge in [-0.1, -0.05) is 77.6 Å². The van der Waals surface area contributed by atoms with Gasteiger partial charge in [-0.15, -0.1) is 0 Å². The van der Waals surface area contributed by atoms with Crippen LogP contribution >= 0.6 is 0 Å². The molecule has 1 aliphatic carbocycles. The van der Waals surface area contributed by atoms with Crippen molar-refractivity contribution in [3.63, 3.8) is 0 Å². The highest BCUT2D eigenvalue weighted by Gasteiger charge is 2.53. The van der Waals surface area contributed by atoms with E-state index in [2.05, 4.69) is 55.0 Å². The zero-order chi connectivity index (χ0) is 32.5. The molecule has 8 nitrogen and oxygen atoms in total. The summed E-state index contributed by atoms with van der Waals surface area (Å²) in [5, 5.41) is 17.9. The average Bonchev–Trinajstić information content (AvgIpc) is 3.08. The number of benzene rings is 2. The molecule has 0 bridgehead atoms. The highest BCUT2D eigenvalue weighted by Crippen LogP contribution is 2.46. The van der Waals surface area contributed by atoms with E-state index in [1.165, 1.54) is 0 Å². The summed E-state index contributed by atoms with van der Waals surface area (Å²) in [5.74, 6) is -2.10.